The highest BCUT2D eigenvalue weighted by atomic mass is 19.4. The van der Waals surface area contributed by atoms with Gasteiger partial charge < -0.3 is 10.1 Å². The Bertz CT molecular complexity index is 1390. The quantitative estimate of drug-likeness (QED) is 0.386. The van der Waals surface area contributed by atoms with Crippen molar-refractivity contribution in [2.45, 2.75) is 19.6 Å². The molecule has 2 aromatic heterocycles. The van der Waals surface area contributed by atoms with Crippen molar-refractivity contribution < 1.29 is 31.5 Å². The minimum atomic E-state index is -4.55. The third-order valence-corrected chi connectivity index (χ3v) is 5.14. The molecule has 0 saturated heterocycles. The van der Waals surface area contributed by atoms with Crippen molar-refractivity contribution in [3.05, 3.63) is 88.9 Å². The Balaban J connectivity index is 1.63. The summed E-state index contributed by atoms with van der Waals surface area (Å²) in [6.07, 6.45) is -1.84. The molecule has 0 atom stereocenters. The number of hydrogen-bond acceptors (Lipinski definition) is 4. The van der Waals surface area contributed by atoms with E-state index in [0.29, 0.717) is 5.56 Å². The van der Waals surface area contributed by atoms with Crippen LogP contribution in [0.5, 0.6) is 5.75 Å². The van der Waals surface area contributed by atoms with Crippen LogP contribution < -0.4 is 10.1 Å². The maximum atomic E-state index is 14.1. The first-order valence-corrected chi connectivity index (χ1v) is 10.2. The minimum absolute atomic E-state index is 0.0137. The average molecular weight is 491 g/mol. The van der Waals surface area contributed by atoms with E-state index in [0.717, 1.165) is 35.0 Å². The average Bonchev–Trinajstić information content (AvgIpc) is 3.40. The third-order valence-electron chi connectivity index (χ3n) is 5.14. The summed E-state index contributed by atoms with van der Waals surface area (Å²) < 4.78 is 74.4. The molecule has 2 aromatic carbocycles. The Morgan fingerprint density at radius 1 is 1.14 bits per heavy atom. The highest BCUT2D eigenvalue weighted by molar-refractivity contribution is 6.04. The third kappa shape index (κ3) is 5.00. The molecule has 0 fully saturated rings. The molecule has 4 rings (SSSR count). The van der Waals surface area contributed by atoms with E-state index in [1.54, 1.807) is 6.92 Å². The molecule has 0 saturated carbocycles. The van der Waals surface area contributed by atoms with Crippen molar-refractivity contribution in [2.24, 2.45) is 0 Å². The number of aryl methyl sites for hydroxylation is 1. The highest BCUT2D eigenvalue weighted by Crippen LogP contribution is 2.31. The van der Waals surface area contributed by atoms with Crippen LogP contribution in [0.2, 0.25) is 0 Å². The number of methoxy groups -OCH3 is 1. The summed E-state index contributed by atoms with van der Waals surface area (Å²) in [4.78, 5) is 13.0. The maximum absolute atomic E-state index is 14.1. The number of hydrogen-bond donors (Lipinski definition) is 1. The van der Waals surface area contributed by atoms with Crippen LogP contribution in [0.3, 0.4) is 0 Å². The van der Waals surface area contributed by atoms with Crippen molar-refractivity contribution in [1.82, 2.24) is 19.6 Å². The summed E-state index contributed by atoms with van der Waals surface area (Å²) in [5.41, 5.74) is -0.449. The second-order valence-corrected chi connectivity index (χ2v) is 7.56. The predicted octanol–water partition coefficient (Wildman–Crippen LogP) is 4.98. The molecule has 7 nitrogen and oxygen atoms in total. The molecule has 0 unspecified atom stereocenters. The molecule has 0 bridgehead atoms. The number of alkyl halides is 3. The molecule has 2 heterocycles. The Labute approximate surface area is 195 Å². The summed E-state index contributed by atoms with van der Waals surface area (Å²) in [6, 6.07) is 7.44. The second kappa shape index (κ2) is 9.20. The standard InChI is InChI=1S/C23H18F5N5O2/c1-13-10-29-33(11-14-8-16(24)6-7-18(14)25)21(13)30-22(34)20-19(35-2)12-32(31-20)17-5-3-4-15(9-17)23(26,27)28/h3-10,12H,11H2,1-2H3,(H,30,34). The summed E-state index contributed by atoms with van der Waals surface area (Å²) >= 11 is 0. The largest absolute Gasteiger partial charge is 0.493 e. The van der Waals surface area contributed by atoms with E-state index in [4.69, 9.17) is 4.74 Å². The van der Waals surface area contributed by atoms with Crippen LogP contribution in [0.15, 0.2) is 54.9 Å². The molecular weight excluding hydrogens is 473 g/mol. The van der Waals surface area contributed by atoms with Gasteiger partial charge in [-0.1, -0.05) is 6.07 Å². The topological polar surface area (TPSA) is 74.0 Å². The number of anilines is 1. The SMILES string of the molecule is COc1cn(-c2cccc(C(F)(F)F)c2)nc1C(=O)Nc1c(C)cnn1Cc1cc(F)ccc1F. The molecule has 0 aliphatic carbocycles. The molecular formula is C23H18F5N5O2. The number of nitrogens with one attached hydrogen (secondary N) is 1. The predicted molar refractivity (Wildman–Crippen MR) is 115 cm³/mol. The number of rotatable bonds is 6. The number of amides is 1. The van der Waals surface area contributed by atoms with E-state index in [2.05, 4.69) is 15.5 Å². The van der Waals surface area contributed by atoms with E-state index in [9.17, 15) is 26.7 Å². The number of carbonyl (C=O) groups excluding carboxylic acids is 1. The van der Waals surface area contributed by atoms with Crippen LogP contribution in [0.25, 0.3) is 5.69 Å². The Morgan fingerprint density at radius 3 is 2.63 bits per heavy atom. The normalized spacial score (nSPS) is 11.5. The number of halogens is 5. The van der Waals surface area contributed by atoms with Crippen molar-refractivity contribution >= 4 is 11.7 Å². The molecule has 35 heavy (non-hydrogen) atoms. The fourth-order valence-electron chi connectivity index (χ4n) is 3.38. The van der Waals surface area contributed by atoms with Crippen LogP contribution in [-0.2, 0) is 12.7 Å². The lowest BCUT2D eigenvalue weighted by Crippen LogP contribution is -2.18. The second-order valence-electron chi connectivity index (χ2n) is 7.56. The number of benzene rings is 2. The molecule has 12 heteroatoms. The van der Waals surface area contributed by atoms with Crippen LogP contribution >= 0.6 is 0 Å². The summed E-state index contributed by atoms with van der Waals surface area (Å²) in [5.74, 6) is -1.79. The molecule has 0 aliphatic rings. The zero-order chi connectivity index (χ0) is 25.3. The number of nitrogens with zero attached hydrogens (tertiary/aromatic N) is 4. The molecule has 0 aliphatic heterocycles. The molecule has 4 aromatic rings. The summed E-state index contributed by atoms with van der Waals surface area (Å²) in [7, 11) is 1.28. The first-order chi connectivity index (χ1) is 16.6. The van der Waals surface area contributed by atoms with Crippen molar-refractivity contribution in [3.8, 4) is 11.4 Å². The zero-order valence-corrected chi connectivity index (χ0v) is 18.4. The summed E-state index contributed by atoms with van der Waals surface area (Å²) in [6.45, 7) is 1.49. The van der Waals surface area contributed by atoms with Gasteiger partial charge in [0, 0.05) is 11.1 Å². The van der Waals surface area contributed by atoms with Gasteiger partial charge in [0.15, 0.2) is 11.4 Å². The van der Waals surface area contributed by atoms with E-state index in [1.165, 1.54) is 36.3 Å². The van der Waals surface area contributed by atoms with Gasteiger partial charge in [-0.05, 0) is 43.3 Å². The first-order valence-electron chi connectivity index (χ1n) is 10.2. The Morgan fingerprint density at radius 2 is 1.91 bits per heavy atom. The van der Waals surface area contributed by atoms with Gasteiger partial charge >= 0.3 is 6.18 Å². The monoisotopic (exact) mass is 491 g/mol. The molecule has 0 radical (unpaired) electrons. The molecule has 182 valence electrons. The van der Waals surface area contributed by atoms with Gasteiger partial charge in [-0.3, -0.25) is 4.79 Å². The lowest BCUT2D eigenvalue weighted by molar-refractivity contribution is -0.137. The lowest BCUT2D eigenvalue weighted by atomic mass is 10.2. The Hall–Kier alpha value is -4.22. The first kappa shape index (κ1) is 23.9. The van der Waals surface area contributed by atoms with Crippen LogP contribution in [0.1, 0.15) is 27.2 Å². The van der Waals surface area contributed by atoms with Gasteiger partial charge in [-0.15, -0.1) is 0 Å². The molecule has 1 N–H and O–H groups in total. The van der Waals surface area contributed by atoms with Gasteiger partial charge in [0.2, 0.25) is 0 Å². The highest BCUT2D eigenvalue weighted by Gasteiger charge is 2.31. The molecule has 0 spiro atoms. The van der Waals surface area contributed by atoms with Gasteiger partial charge in [0.05, 0.1) is 37.3 Å². The zero-order valence-electron chi connectivity index (χ0n) is 18.4. The van der Waals surface area contributed by atoms with Crippen LogP contribution in [-0.4, -0.2) is 32.6 Å². The van der Waals surface area contributed by atoms with Crippen LogP contribution in [0.4, 0.5) is 27.8 Å². The van der Waals surface area contributed by atoms with Crippen molar-refractivity contribution in [3.63, 3.8) is 0 Å². The number of aromatic nitrogens is 4. The van der Waals surface area contributed by atoms with E-state index in [-0.39, 0.29) is 35.1 Å². The van der Waals surface area contributed by atoms with Crippen molar-refractivity contribution in [1.29, 1.82) is 0 Å². The maximum Gasteiger partial charge on any atom is 0.416 e. The fourth-order valence-corrected chi connectivity index (χ4v) is 3.38. The number of carbonyl (C=O) groups is 1. The van der Waals surface area contributed by atoms with Crippen LogP contribution in [0, 0.1) is 18.6 Å². The van der Waals surface area contributed by atoms with Gasteiger partial charge in [0.1, 0.15) is 17.5 Å². The lowest BCUT2D eigenvalue weighted by Gasteiger charge is -2.11. The molecule has 1 amide bonds. The fraction of sp³-hybridized carbons (Fsp3) is 0.174. The minimum Gasteiger partial charge on any atom is -0.493 e. The smallest absolute Gasteiger partial charge is 0.416 e. The van der Waals surface area contributed by atoms with Crippen molar-refractivity contribution in [2.75, 3.05) is 12.4 Å². The van der Waals surface area contributed by atoms with Gasteiger partial charge in [-0.25, -0.2) is 18.1 Å². The number of ether oxygens (including phenoxy) is 1. The van der Waals surface area contributed by atoms with E-state index >= 15 is 0 Å². The van der Waals surface area contributed by atoms with Gasteiger partial charge in [0.25, 0.3) is 5.91 Å². The van der Waals surface area contributed by atoms with Gasteiger partial charge in [-0.2, -0.15) is 23.4 Å². The summed E-state index contributed by atoms with van der Waals surface area (Å²) in [5, 5.41) is 10.8. The van der Waals surface area contributed by atoms with E-state index in [1.807, 2.05) is 0 Å². The van der Waals surface area contributed by atoms with E-state index < -0.39 is 29.3 Å². The Kier molecular flexibility index (Phi) is 6.29.